The van der Waals surface area contributed by atoms with E-state index in [4.69, 9.17) is 0 Å². The monoisotopic (exact) mass is 368 g/mol. The van der Waals surface area contributed by atoms with Gasteiger partial charge < -0.3 is 0 Å². The van der Waals surface area contributed by atoms with Crippen molar-refractivity contribution >= 4 is 39.1 Å². The second-order valence-corrected chi connectivity index (χ2v) is 9.11. The maximum absolute atomic E-state index is 12.7. The molecule has 0 amide bonds. The van der Waals surface area contributed by atoms with Gasteiger partial charge in [0.15, 0.2) is 5.78 Å². The van der Waals surface area contributed by atoms with Crippen molar-refractivity contribution in [2.24, 2.45) is 5.92 Å². The zero-order chi connectivity index (χ0) is 17.4. The molecular formula is C20H20N2OS2. The Labute approximate surface area is 155 Å². The van der Waals surface area contributed by atoms with Gasteiger partial charge in [0.1, 0.15) is 16.2 Å². The van der Waals surface area contributed by atoms with Crippen LogP contribution in [0.1, 0.15) is 41.1 Å². The number of Topliss-reactive ketones (excluding diaryl/α,β-unsaturated/α-hetero) is 1. The topological polar surface area (TPSA) is 42.9 Å². The summed E-state index contributed by atoms with van der Waals surface area (Å²) in [5.41, 5.74) is 2.18. The van der Waals surface area contributed by atoms with Gasteiger partial charge >= 0.3 is 0 Å². The average molecular weight is 369 g/mol. The van der Waals surface area contributed by atoms with Crippen LogP contribution in [-0.2, 0) is 12.8 Å². The van der Waals surface area contributed by atoms with E-state index in [-0.39, 0.29) is 11.0 Å². The van der Waals surface area contributed by atoms with E-state index < -0.39 is 0 Å². The lowest BCUT2D eigenvalue weighted by Gasteiger charge is -2.18. The second kappa shape index (κ2) is 6.89. The molecule has 0 radical (unpaired) electrons. The highest BCUT2D eigenvalue weighted by Gasteiger charge is 2.25. The minimum absolute atomic E-state index is 0.148. The Bertz CT molecular complexity index is 920. The molecule has 0 saturated heterocycles. The van der Waals surface area contributed by atoms with E-state index in [2.05, 4.69) is 16.9 Å². The van der Waals surface area contributed by atoms with Crippen molar-refractivity contribution in [3.63, 3.8) is 0 Å². The number of thioether (sulfide) groups is 1. The summed E-state index contributed by atoms with van der Waals surface area (Å²) in [6.07, 6.45) is 5.09. The van der Waals surface area contributed by atoms with Gasteiger partial charge in [-0.25, -0.2) is 9.97 Å². The Kier molecular flexibility index (Phi) is 4.61. The van der Waals surface area contributed by atoms with Gasteiger partial charge in [-0.1, -0.05) is 49.0 Å². The van der Waals surface area contributed by atoms with Gasteiger partial charge in [-0.3, -0.25) is 4.79 Å². The first-order valence-electron chi connectivity index (χ1n) is 8.64. The molecule has 0 bridgehead atoms. The quantitative estimate of drug-likeness (QED) is 0.361. The van der Waals surface area contributed by atoms with E-state index in [9.17, 15) is 4.79 Å². The highest BCUT2D eigenvalue weighted by molar-refractivity contribution is 8.00. The van der Waals surface area contributed by atoms with Crippen molar-refractivity contribution in [1.29, 1.82) is 0 Å². The number of hydrogen-bond acceptors (Lipinski definition) is 5. The zero-order valence-corrected chi connectivity index (χ0v) is 16.0. The fraction of sp³-hybridized carbons (Fsp3) is 0.350. The summed E-state index contributed by atoms with van der Waals surface area (Å²) < 4.78 is 0. The molecule has 2 aromatic heterocycles. The zero-order valence-electron chi connectivity index (χ0n) is 14.4. The molecule has 128 valence electrons. The highest BCUT2D eigenvalue weighted by atomic mass is 32.2. The number of benzene rings is 1. The van der Waals surface area contributed by atoms with Crippen LogP contribution in [0.15, 0.2) is 41.7 Å². The van der Waals surface area contributed by atoms with Crippen LogP contribution in [0, 0.1) is 5.92 Å². The van der Waals surface area contributed by atoms with E-state index in [0.717, 1.165) is 34.2 Å². The largest absolute Gasteiger partial charge is 0.293 e. The number of carbonyl (C=O) groups is 1. The maximum Gasteiger partial charge on any atom is 0.175 e. The minimum atomic E-state index is -0.168. The molecular weight excluding hydrogens is 348 g/mol. The molecule has 25 heavy (non-hydrogen) atoms. The molecule has 5 heteroatoms. The van der Waals surface area contributed by atoms with Gasteiger partial charge in [-0.15, -0.1) is 11.3 Å². The van der Waals surface area contributed by atoms with Crippen LogP contribution in [0.2, 0.25) is 0 Å². The SMILES string of the molecule is C[C@H]1CCc2c(sc3ncnc(S[C@H](C)C(=O)c4ccccc4)c23)C1. The van der Waals surface area contributed by atoms with E-state index >= 15 is 0 Å². The molecule has 0 unspecified atom stereocenters. The molecule has 4 rings (SSSR count). The lowest BCUT2D eigenvalue weighted by molar-refractivity contribution is 0.0994. The Morgan fingerprint density at radius 1 is 1.28 bits per heavy atom. The van der Waals surface area contributed by atoms with E-state index in [1.165, 1.54) is 22.2 Å². The Balaban J connectivity index is 1.67. The first-order valence-corrected chi connectivity index (χ1v) is 10.3. The van der Waals surface area contributed by atoms with Gasteiger partial charge in [-0.2, -0.15) is 0 Å². The van der Waals surface area contributed by atoms with Gasteiger partial charge in [-0.05, 0) is 37.7 Å². The number of aryl methyl sites for hydroxylation is 1. The van der Waals surface area contributed by atoms with Crippen molar-refractivity contribution in [1.82, 2.24) is 9.97 Å². The summed E-state index contributed by atoms with van der Waals surface area (Å²) in [6.45, 7) is 4.28. The number of rotatable bonds is 4. The Morgan fingerprint density at radius 2 is 2.08 bits per heavy atom. The molecule has 3 aromatic rings. The predicted molar refractivity (Wildman–Crippen MR) is 105 cm³/mol. The molecule has 2 heterocycles. The second-order valence-electron chi connectivity index (χ2n) is 6.70. The van der Waals surface area contributed by atoms with Crippen molar-refractivity contribution in [2.75, 3.05) is 0 Å². The fourth-order valence-corrected chi connectivity index (χ4v) is 5.83. The highest BCUT2D eigenvalue weighted by Crippen LogP contribution is 2.41. The number of fused-ring (bicyclic) bond motifs is 3. The van der Waals surface area contributed by atoms with Crippen LogP contribution < -0.4 is 0 Å². The molecule has 1 aliphatic rings. The van der Waals surface area contributed by atoms with Gasteiger partial charge in [0.05, 0.1) is 5.25 Å². The van der Waals surface area contributed by atoms with Crippen molar-refractivity contribution in [2.45, 2.75) is 43.4 Å². The van der Waals surface area contributed by atoms with Crippen molar-refractivity contribution in [3.8, 4) is 0 Å². The summed E-state index contributed by atoms with van der Waals surface area (Å²) in [4.78, 5) is 24.2. The number of aromatic nitrogens is 2. The predicted octanol–water partition coefficient (Wildman–Crippen LogP) is 5.18. The molecule has 2 atom stereocenters. The third kappa shape index (κ3) is 3.23. The van der Waals surface area contributed by atoms with Crippen LogP contribution in [0.5, 0.6) is 0 Å². The molecule has 1 aliphatic carbocycles. The smallest absolute Gasteiger partial charge is 0.175 e. The van der Waals surface area contributed by atoms with E-state index in [1.54, 1.807) is 29.4 Å². The lowest BCUT2D eigenvalue weighted by atomic mass is 9.89. The summed E-state index contributed by atoms with van der Waals surface area (Å²) in [5.74, 6) is 0.887. The average Bonchev–Trinajstić information content (AvgIpc) is 3.00. The van der Waals surface area contributed by atoms with Crippen LogP contribution >= 0.6 is 23.1 Å². The minimum Gasteiger partial charge on any atom is -0.293 e. The van der Waals surface area contributed by atoms with E-state index in [0.29, 0.717) is 0 Å². The third-order valence-corrected chi connectivity index (χ3v) is 7.04. The number of nitrogens with zero attached hydrogens (tertiary/aromatic N) is 2. The lowest BCUT2D eigenvalue weighted by Crippen LogP contribution is -2.14. The molecule has 3 nitrogen and oxygen atoms in total. The maximum atomic E-state index is 12.7. The van der Waals surface area contributed by atoms with Gasteiger partial charge in [0.25, 0.3) is 0 Å². The van der Waals surface area contributed by atoms with Crippen LogP contribution in [0.4, 0.5) is 0 Å². The summed E-state index contributed by atoms with van der Waals surface area (Å²) in [5, 5.41) is 1.97. The first kappa shape index (κ1) is 16.7. The molecule has 1 aromatic carbocycles. The third-order valence-electron chi connectivity index (χ3n) is 4.77. The first-order chi connectivity index (χ1) is 12.1. The van der Waals surface area contributed by atoms with Gasteiger partial charge in [0.2, 0.25) is 0 Å². The van der Waals surface area contributed by atoms with Crippen molar-refractivity contribution < 1.29 is 4.79 Å². The van der Waals surface area contributed by atoms with Crippen LogP contribution in [-0.4, -0.2) is 21.0 Å². The van der Waals surface area contributed by atoms with Crippen molar-refractivity contribution in [3.05, 3.63) is 52.7 Å². The summed E-state index contributed by atoms with van der Waals surface area (Å²) >= 11 is 3.36. The fourth-order valence-electron chi connectivity index (χ4n) is 3.39. The molecule has 0 saturated carbocycles. The molecule has 0 fully saturated rings. The molecule has 0 aliphatic heterocycles. The van der Waals surface area contributed by atoms with Gasteiger partial charge in [0, 0.05) is 15.8 Å². The molecule has 0 spiro atoms. The number of hydrogen-bond donors (Lipinski definition) is 0. The molecule has 0 N–H and O–H groups in total. The van der Waals surface area contributed by atoms with Crippen LogP contribution in [0.25, 0.3) is 10.2 Å². The van der Waals surface area contributed by atoms with Crippen LogP contribution in [0.3, 0.4) is 0 Å². The summed E-state index contributed by atoms with van der Waals surface area (Å²) in [7, 11) is 0. The number of carbonyl (C=O) groups excluding carboxylic acids is 1. The number of ketones is 1. The number of thiophene rings is 1. The standard InChI is InChI=1S/C20H20N2OS2/c1-12-8-9-15-16(10-12)25-20-17(15)19(21-11-22-20)24-13(2)18(23)14-6-4-3-5-7-14/h3-7,11-13H,8-10H2,1-2H3/t12-,13+/m0/s1. The Morgan fingerprint density at radius 3 is 2.88 bits per heavy atom. The normalized spacial score (nSPS) is 18.1. The Hall–Kier alpha value is -1.72. The van der Waals surface area contributed by atoms with E-state index in [1.807, 2.05) is 37.3 Å². The summed E-state index contributed by atoms with van der Waals surface area (Å²) in [6, 6.07) is 9.50.